The maximum Gasteiger partial charge on any atom is 0.261 e. The van der Waals surface area contributed by atoms with Crippen molar-refractivity contribution in [1.82, 2.24) is 14.9 Å². The Hall–Kier alpha value is -3.19. The van der Waals surface area contributed by atoms with E-state index in [4.69, 9.17) is 21.1 Å². The molecule has 0 bridgehead atoms. The maximum absolute atomic E-state index is 12.8. The molecule has 1 fully saturated rings. The summed E-state index contributed by atoms with van der Waals surface area (Å²) in [7, 11) is 1.58. The summed E-state index contributed by atoms with van der Waals surface area (Å²) in [4.78, 5) is 35.2. The molecule has 8 heteroatoms. The van der Waals surface area contributed by atoms with Gasteiger partial charge >= 0.3 is 0 Å². The molecule has 0 spiro atoms. The van der Waals surface area contributed by atoms with Gasteiger partial charge in [0.15, 0.2) is 11.5 Å². The lowest BCUT2D eigenvalue weighted by Gasteiger charge is -2.33. The third-order valence-corrected chi connectivity index (χ3v) is 6.30. The van der Waals surface area contributed by atoms with Crippen molar-refractivity contribution in [2.45, 2.75) is 45.3 Å². The van der Waals surface area contributed by atoms with E-state index in [0.717, 1.165) is 12.8 Å². The van der Waals surface area contributed by atoms with E-state index in [0.29, 0.717) is 51.5 Å². The molecule has 0 N–H and O–H groups in total. The number of benzene rings is 2. The number of aromatic nitrogens is 2. The van der Waals surface area contributed by atoms with Crippen molar-refractivity contribution >= 4 is 34.3 Å². The van der Waals surface area contributed by atoms with Crippen molar-refractivity contribution < 1.29 is 19.1 Å². The van der Waals surface area contributed by atoms with Crippen LogP contribution in [0.1, 0.15) is 53.8 Å². The monoisotopic (exact) mass is 453 g/mol. The lowest BCUT2D eigenvalue weighted by atomic mass is 9.91. The van der Waals surface area contributed by atoms with Gasteiger partial charge in [-0.2, -0.15) is 0 Å². The van der Waals surface area contributed by atoms with E-state index < -0.39 is 0 Å². The zero-order chi connectivity index (χ0) is 21.5. The lowest BCUT2D eigenvalue weighted by molar-refractivity contribution is 0.0476. The van der Waals surface area contributed by atoms with Gasteiger partial charge in [0.25, 0.3) is 11.8 Å². The van der Waals surface area contributed by atoms with Crippen molar-refractivity contribution in [3.8, 4) is 11.5 Å². The number of imide groups is 1. The topological polar surface area (TPSA) is 81.6 Å². The fourth-order valence-electron chi connectivity index (χ4n) is 4.42. The van der Waals surface area contributed by atoms with Crippen LogP contribution >= 0.6 is 11.6 Å². The SMILES string of the molecule is C.COc1cc2ncnc(Cl)c2cc1OC1CCC(N2C(=O)c3ccccc3C2=O)CC1. The fraction of sp³-hybridized carbons (Fsp3) is 0.333. The second-order valence-corrected chi connectivity index (χ2v) is 8.12. The van der Waals surface area contributed by atoms with Crippen molar-refractivity contribution in [3.05, 3.63) is 59.0 Å². The Bertz CT molecular complexity index is 1160. The van der Waals surface area contributed by atoms with E-state index in [1.54, 1.807) is 43.5 Å². The summed E-state index contributed by atoms with van der Waals surface area (Å²) in [5.41, 5.74) is 1.66. The quantitative estimate of drug-likeness (QED) is 0.412. The number of ether oxygens (including phenoxy) is 2. The Morgan fingerprint density at radius 1 is 0.969 bits per heavy atom. The number of halogens is 1. The van der Waals surface area contributed by atoms with Crippen LogP contribution < -0.4 is 9.47 Å². The Balaban J connectivity index is 0.00000245. The molecule has 0 unspecified atom stereocenters. The molecule has 166 valence electrons. The normalized spacial score (nSPS) is 20.1. The van der Waals surface area contributed by atoms with Crippen molar-refractivity contribution in [3.63, 3.8) is 0 Å². The van der Waals surface area contributed by atoms with Gasteiger partial charge in [0.1, 0.15) is 11.5 Å². The molecule has 1 aliphatic carbocycles. The van der Waals surface area contributed by atoms with Gasteiger partial charge in [0, 0.05) is 17.5 Å². The molecule has 2 aromatic carbocycles. The summed E-state index contributed by atoms with van der Waals surface area (Å²) in [6, 6.07) is 10.5. The van der Waals surface area contributed by atoms with Crippen molar-refractivity contribution in [1.29, 1.82) is 0 Å². The highest BCUT2D eigenvalue weighted by atomic mass is 35.5. The first-order valence-electron chi connectivity index (χ1n) is 10.2. The summed E-state index contributed by atoms with van der Waals surface area (Å²) in [6.45, 7) is 0. The molecular formula is C24H24ClN3O4. The number of hydrogen-bond acceptors (Lipinski definition) is 6. The van der Waals surface area contributed by atoms with E-state index in [-0.39, 0.29) is 31.4 Å². The molecule has 0 radical (unpaired) electrons. The minimum atomic E-state index is -0.198. The average molecular weight is 454 g/mol. The smallest absolute Gasteiger partial charge is 0.261 e. The summed E-state index contributed by atoms with van der Waals surface area (Å²) in [6.07, 6.45) is 4.18. The van der Waals surface area contributed by atoms with Gasteiger partial charge in [0.2, 0.25) is 0 Å². The van der Waals surface area contributed by atoms with Gasteiger partial charge in [0.05, 0.1) is 29.9 Å². The summed E-state index contributed by atoms with van der Waals surface area (Å²) >= 11 is 6.21. The summed E-state index contributed by atoms with van der Waals surface area (Å²) < 4.78 is 11.7. The number of fused-ring (bicyclic) bond motifs is 2. The number of amides is 2. The predicted octanol–water partition coefficient (Wildman–Crippen LogP) is 4.91. The molecule has 0 saturated heterocycles. The zero-order valence-corrected chi connectivity index (χ0v) is 17.6. The van der Waals surface area contributed by atoms with Gasteiger partial charge in [-0.15, -0.1) is 0 Å². The van der Waals surface area contributed by atoms with Crippen LogP contribution in [0.15, 0.2) is 42.7 Å². The largest absolute Gasteiger partial charge is 0.493 e. The van der Waals surface area contributed by atoms with Gasteiger partial charge in [-0.3, -0.25) is 14.5 Å². The Morgan fingerprint density at radius 2 is 1.62 bits per heavy atom. The highest BCUT2D eigenvalue weighted by Gasteiger charge is 2.41. The molecule has 0 atom stereocenters. The number of rotatable bonds is 4. The first-order valence-corrected chi connectivity index (χ1v) is 10.6. The van der Waals surface area contributed by atoms with Gasteiger partial charge in [-0.05, 0) is 43.9 Å². The highest BCUT2D eigenvalue weighted by molar-refractivity contribution is 6.34. The zero-order valence-electron chi connectivity index (χ0n) is 16.9. The predicted molar refractivity (Wildman–Crippen MR) is 121 cm³/mol. The minimum absolute atomic E-state index is 0. The summed E-state index contributed by atoms with van der Waals surface area (Å²) in [5, 5.41) is 1.05. The second-order valence-electron chi connectivity index (χ2n) is 7.76. The van der Waals surface area contributed by atoms with Crippen LogP contribution in [0.4, 0.5) is 0 Å². The Kier molecular flexibility index (Phi) is 6.02. The van der Waals surface area contributed by atoms with E-state index in [1.807, 2.05) is 0 Å². The first-order chi connectivity index (χ1) is 15.1. The van der Waals surface area contributed by atoms with Gasteiger partial charge in [-0.1, -0.05) is 31.2 Å². The Morgan fingerprint density at radius 3 is 2.25 bits per heavy atom. The lowest BCUT2D eigenvalue weighted by Crippen LogP contribution is -2.43. The molecule has 1 saturated carbocycles. The molecule has 2 amide bonds. The number of carbonyl (C=O) groups excluding carboxylic acids is 2. The van der Waals surface area contributed by atoms with Crippen LogP contribution in [0.3, 0.4) is 0 Å². The fourth-order valence-corrected chi connectivity index (χ4v) is 4.62. The van der Waals surface area contributed by atoms with Crippen molar-refractivity contribution in [2.75, 3.05) is 7.11 Å². The van der Waals surface area contributed by atoms with E-state index in [2.05, 4.69) is 9.97 Å². The number of carbonyl (C=O) groups is 2. The van der Waals surface area contributed by atoms with E-state index >= 15 is 0 Å². The van der Waals surface area contributed by atoms with Gasteiger partial charge < -0.3 is 9.47 Å². The molecule has 2 aliphatic rings. The molecule has 1 aromatic heterocycles. The second kappa shape index (κ2) is 8.74. The number of hydrogen-bond donors (Lipinski definition) is 0. The molecular weight excluding hydrogens is 430 g/mol. The number of methoxy groups -OCH3 is 1. The molecule has 5 rings (SSSR count). The molecule has 1 aliphatic heterocycles. The first kappa shape index (κ1) is 22.0. The van der Waals surface area contributed by atoms with Crippen LogP contribution in [-0.2, 0) is 0 Å². The third kappa shape index (κ3) is 3.66. The van der Waals surface area contributed by atoms with Crippen LogP contribution in [0.5, 0.6) is 11.5 Å². The van der Waals surface area contributed by atoms with Crippen LogP contribution in [-0.4, -0.2) is 45.9 Å². The third-order valence-electron chi connectivity index (χ3n) is 6.00. The van der Waals surface area contributed by atoms with Crippen LogP contribution in [0, 0.1) is 0 Å². The molecule has 3 aromatic rings. The average Bonchev–Trinajstić information content (AvgIpc) is 3.05. The van der Waals surface area contributed by atoms with Gasteiger partial charge in [-0.25, -0.2) is 9.97 Å². The minimum Gasteiger partial charge on any atom is -0.493 e. The molecule has 2 heterocycles. The Labute approximate surface area is 191 Å². The standard InChI is InChI=1S/C23H20ClN3O4.CH4/c1-30-19-11-18-17(21(24)26-12-25-18)10-20(19)31-14-8-6-13(7-9-14)27-22(28)15-4-2-3-5-16(15)23(27)29;/h2-5,10-14H,6-9H2,1H3;1H4. The van der Waals surface area contributed by atoms with E-state index in [1.165, 1.54) is 11.2 Å². The van der Waals surface area contributed by atoms with Crippen molar-refractivity contribution in [2.24, 2.45) is 0 Å². The maximum atomic E-state index is 12.8. The molecule has 7 nitrogen and oxygen atoms in total. The van der Waals surface area contributed by atoms with E-state index in [9.17, 15) is 9.59 Å². The highest BCUT2D eigenvalue weighted by Crippen LogP contribution is 2.37. The van der Waals surface area contributed by atoms with Crippen LogP contribution in [0.25, 0.3) is 10.9 Å². The molecule has 32 heavy (non-hydrogen) atoms. The van der Waals surface area contributed by atoms with Crippen LogP contribution in [0.2, 0.25) is 5.15 Å². The summed E-state index contributed by atoms with van der Waals surface area (Å²) in [5.74, 6) is 0.757. The number of nitrogens with zero attached hydrogens (tertiary/aromatic N) is 3.